The molecular formula is C16H25ClN2O3S. The Hall–Kier alpha value is -1.24. The molecule has 0 spiro atoms. The van der Waals surface area contributed by atoms with Gasteiger partial charge in [-0.3, -0.25) is 9.59 Å². The highest BCUT2D eigenvalue weighted by Gasteiger charge is 2.12. The van der Waals surface area contributed by atoms with E-state index in [1.54, 1.807) is 11.8 Å². The van der Waals surface area contributed by atoms with Gasteiger partial charge < -0.3 is 15.8 Å². The molecule has 23 heavy (non-hydrogen) atoms. The number of rotatable bonds is 9. The Labute approximate surface area is 148 Å². The lowest BCUT2D eigenvalue weighted by atomic mass is 10.1. The summed E-state index contributed by atoms with van der Waals surface area (Å²) in [6.45, 7) is 2.00. The van der Waals surface area contributed by atoms with Crippen molar-refractivity contribution in [2.24, 2.45) is 5.73 Å². The van der Waals surface area contributed by atoms with Crippen LogP contribution in [0.5, 0.6) is 0 Å². The van der Waals surface area contributed by atoms with Crippen LogP contribution < -0.4 is 11.1 Å². The summed E-state index contributed by atoms with van der Waals surface area (Å²) < 4.78 is 4.60. The molecule has 0 heterocycles. The minimum absolute atomic E-state index is 0. The van der Waals surface area contributed by atoms with E-state index in [2.05, 4.69) is 10.1 Å². The molecule has 0 bridgehead atoms. The Kier molecular flexibility index (Phi) is 11.6. The molecule has 0 saturated carbocycles. The standard InChI is InChI=1S/C16H24N2O3S.ClH/c1-3-5-14(17)16(20)18-13-7-4-6-12(10-13)11-22-9-8-15(19)21-2;/h4,6-7,10,14H,3,5,8-9,11,17H2,1-2H3,(H,18,20);1H. The number of amides is 1. The Morgan fingerprint density at radius 3 is 2.78 bits per heavy atom. The van der Waals surface area contributed by atoms with Crippen molar-refractivity contribution in [2.45, 2.75) is 38.0 Å². The molecule has 0 aromatic heterocycles. The van der Waals surface area contributed by atoms with Gasteiger partial charge in [-0.25, -0.2) is 0 Å². The van der Waals surface area contributed by atoms with Gasteiger partial charge >= 0.3 is 5.97 Å². The summed E-state index contributed by atoms with van der Waals surface area (Å²) in [6, 6.07) is 7.20. The van der Waals surface area contributed by atoms with Crippen molar-refractivity contribution < 1.29 is 14.3 Å². The number of methoxy groups -OCH3 is 1. The predicted octanol–water partition coefficient (Wildman–Crippen LogP) is 2.97. The van der Waals surface area contributed by atoms with Crippen LogP contribution in [0.2, 0.25) is 0 Å². The van der Waals surface area contributed by atoms with Crippen molar-refractivity contribution >= 4 is 41.7 Å². The molecule has 0 aliphatic carbocycles. The molecule has 5 nitrogen and oxygen atoms in total. The predicted molar refractivity (Wildman–Crippen MR) is 98.0 cm³/mol. The Morgan fingerprint density at radius 1 is 1.39 bits per heavy atom. The monoisotopic (exact) mass is 360 g/mol. The number of carbonyl (C=O) groups excluding carboxylic acids is 2. The van der Waals surface area contributed by atoms with Gasteiger partial charge in [-0.1, -0.05) is 25.5 Å². The SMILES string of the molecule is CCCC(N)C(=O)Nc1cccc(CSCCC(=O)OC)c1.Cl. The average molecular weight is 361 g/mol. The molecule has 0 saturated heterocycles. The smallest absolute Gasteiger partial charge is 0.306 e. The van der Waals surface area contributed by atoms with Crippen LogP contribution in [0.25, 0.3) is 0 Å². The van der Waals surface area contributed by atoms with E-state index < -0.39 is 6.04 Å². The third kappa shape index (κ3) is 8.83. The van der Waals surface area contributed by atoms with Gasteiger partial charge in [-0.05, 0) is 24.1 Å². The molecule has 3 N–H and O–H groups in total. The van der Waals surface area contributed by atoms with Crippen molar-refractivity contribution in [1.29, 1.82) is 0 Å². The minimum Gasteiger partial charge on any atom is -0.469 e. The molecule has 1 unspecified atom stereocenters. The lowest BCUT2D eigenvalue weighted by Gasteiger charge is -2.12. The van der Waals surface area contributed by atoms with Crippen LogP contribution in [0.1, 0.15) is 31.7 Å². The Bertz CT molecular complexity index is 500. The van der Waals surface area contributed by atoms with Crippen LogP contribution in [0, 0.1) is 0 Å². The summed E-state index contributed by atoms with van der Waals surface area (Å²) in [7, 11) is 1.39. The molecule has 1 atom stereocenters. The van der Waals surface area contributed by atoms with Gasteiger partial charge in [-0.15, -0.1) is 12.4 Å². The first-order valence-electron chi connectivity index (χ1n) is 7.36. The average Bonchev–Trinajstić information content (AvgIpc) is 2.51. The Balaban J connectivity index is 0.00000484. The summed E-state index contributed by atoms with van der Waals surface area (Å²) in [6.07, 6.45) is 1.96. The van der Waals surface area contributed by atoms with Crippen molar-refractivity contribution in [3.05, 3.63) is 29.8 Å². The maximum atomic E-state index is 11.9. The first-order chi connectivity index (χ1) is 10.6. The molecule has 0 aliphatic rings. The number of hydrogen-bond acceptors (Lipinski definition) is 5. The van der Waals surface area contributed by atoms with E-state index in [-0.39, 0.29) is 24.3 Å². The van der Waals surface area contributed by atoms with Gasteiger partial charge in [0.05, 0.1) is 19.6 Å². The molecule has 1 aromatic rings. The fourth-order valence-electron chi connectivity index (χ4n) is 1.86. The van der Waals surface area contributed by atoms with E-state index in [9.17, 15) is 9.59 Å². The minimum atomic E-state index is -0.469. The second kappa shape index (κ2) is 12.2. The summed E-state index contributed by atoms with van der Waals surface area (Å²) in [5, 5.41) is 2.84. The molecule has 0 fully saturated rings. The van der Waals surface area contributed by atoms with E-state index in [4.69, 9.17) is 5.73 Å². The fourth-order valence-corrected chi connectivity index (χ4v) is 2.73. The number of benzene rings is 1. The fraction of sp³-hybridized carbons (Fsp3) is 0.500. The number of hydrogen-bond donors (Lipinski definition) is 2. The number of esters is 1. The number of nitrogens with one attached hydrogen (secondary N) is 1. The summed E-state index contributed by atoms with van der Waals surface area (Å²) in [5.74, 6) is 1.14. The number of carbonyl (C=O) groups is 2. The zero-order valence-corrected chi connectivity index (χ0v) is 15.2. The van der Waals surface area contributed by atoms with Gasteiger partial charge in [0.2, 0.25) is 5.91 Å². The largest absolute Gasteiger partial charge is 0.469 e. The van der Waals surface area contributed by atoms with Crippen LogP contribution in [0.15, 0.2) is 24.3 Å². The molecule has 1 rings (SSSR count). The highest BCUT2D eigenvalue weighted by atomic mass is 35.5. The number of halogens is 1. The highest BCUT2D eigenvalue weighted by Crippen LogP contribution is 2.17. The van der Waals surface area contributed by atoms with Crippen LogP contribution in [0.3, 0.4) is 0 Å². The third-order valence-electron chi connectivity index (χ3n) is 3.08. The summed E-state index contributed by atoms with van der Waals surface area (Å²) in [4.78, 5) is 22.9. The van der Waals surface area contributed by atoms with E-state index >= 15 is 0 Å². The molecule has 0 aliphatic heterocycles. The molecule has 1 amide bonds. The first-order valence-corrected chi connectivity index (χ1v) is 8.52. The number of anilines is 1. The second-order valence-corrected chi connectivity index (χ2v) is 6.07. The van der Waals surface area contributed by atoms with Crippen molar-refractivity contribution in [3.8, 4) is 0 Å². The van der Waals surface area contributed by atoms with Crippen molar-refractivity contribution in [3.63, 3.8) is 0 Å². The molecule has 0 radical (unpaired) electrons. The number of thioether (sulfide) groups is 1. The number of ether oxygens (including phenoxy) is 1. The maximum Gasteiger partial charge on any atom is 0.306 e. The topological polar surface area (TPSA) is 81.4 Å². The molecule has 130 valence electrons. The van der Waals surface area contributed by atoms with Gasteiger partial charge in [0, 0.05) is 17.2 Å². The van der Waals surface area contributed by atoms with Crippen LogP contribution >= 0.6 is 24.2 Å². The van der Waals surface area contributed by atoms with Crippen molar-refractivity contribution in [2.75, 3.05) is 18.2 Å². The highest BCUT2D eigenvalue weighted by molar-refractivity contribution is 7.98. The molecule has 7 heteroatoms. The summed E-state index contributed by atoms with van der Waals surface area (Å²) >= 11 is 1.65. The van der Waals surface area contributed by atoms with Crippen LogP contribution in [-0.4, -0.2) is 30.8 Å². The van der Waals surface area contributed by atoms with Gasteiger partial charge in [0.25, 0.3) is 0 Å². The Morgan fingerprint density at radius 2 is 2.13 bits per heavy atom. The lowest BCUT2D eigenvalue weighted by Crippen LogP contribution is -2.35. The van der Waals surface area contributed by atoms with E-state index in [1.165, 1.54) is 7.11 Å². The zero-order valence-electron chi connectivity index (χ0n) is 13.5. The van der Waals surface area contributed by atoms with Crippen molar-refractivity contribution in [1.82, 2.24) is 0 Å². The van der Waals surface area contributed by atoms with Gasteiger partial charge in [0.15, 0.2) is 0 Å². The van der Waals surface area contributed by atoms with Gasteiger partial charge in [0.1, 0.15) is 0 Å². The molecular weight excluding hydrogens is 336 g/mol. The van der Waals surface area contributed by atoms with Crippen LogP contribution in [0.4, 0.5) is 5.69 Å². The normalized spacial score (nSPS) is 11.3. The van der Waals surface area contributed by atoms with E-state index in [0.29, 0.717) is 18.6 Å². The third-order valence-corrected chi connectivity index (χ3v) is 4.11. The second-order valence-electron chi connectivity index (χ2n) is 4.96. The lowest BCUT2D eigenvalue weighted by molar-refractivity contribution is -0.140. The quantitative estimate of drug-likeness (QED) is 0.522. The van der Waals surface area contributed by atoms with Gasteiger partial charge in [-0.2, -0.15) is 11.8 Å². The van der Waals surface area contributed by atoms with Crippen LogP contribution in [-0.2, 0) is 20.1 Å². The van der Waals surface area contributed by atoms with E-state index in [0.717, 1.165) is 23.4 Å². The number of nitrogens with two attached hydrogens (primary N) is 1. The molecule has 1 aromatic carbocycles. The summed E-state index contributed by atoms with van der Waals surface area (Å²) in [5.41, 5.74) is 7.64. The van der Waals surface area contributed by atoms with E-state index in [1.807, 2.05) is 31.2 Å². The first kappa shape index (κ1) is 21.8. The zero-order chi connectivity index (χ0) is 16.4. The maximum absolute atomic E-state index is 11.9.